The second kappa shape index (κ2) is 12.3. The van der Waals surface area contributed by atoms with Gasteiger partial charge in [0.15, 0.2) is 0 Å². The fraction of sp³-hybridized carbons (Fsp3) is 0.423. The predicted molar refractivity (Wildman–Crippen MR) is 120 cm³/mol. The zero-order valence-corrected chi connectivity index (χ0v) is 20.2. The summed E-state index contributed by atoms with van der Waals surface area (Å²) in [5, 5.41) is 17.7. The smallest absolute Gasteiger partial charge is 0.0595 e. The molecule has 4 heteroatoms. The molecule has 1 aromatic heterocycles. The average Bonchev–Trinajstić information content (AvgIpc) is 3.17. The van der Waals surface area contributed by atoms with Gasteiger partial charge in [-0.3, -0.25) is 4.98 Å². The molecule has 2 fully saturated rings. The summed E-state index contributed by atoms with van der Waals surface area (Å²) in [6.07, 6.45) is 7.89. The zero-order chi connectivity index (χ0) is 20.6. The second-order valence-corrected chi connectivity index (χ2v) is 8.02. The zero-order valence-electron chi connectivity index (χ0n) is 17.8. The van der Waals surface area contributed by atoms with Gasteiger partial charge in [-0.15, -0.1) is 35.9 Å². The van der Waals surface area contributed by atoms with Gasteiger partial charge in [0, 0.05) is 27.2 Å². The van der Waals surface area contributed by atoms with Gasteiger partial charge >= 0.3 is 0 Å². The molecule has 3 nitrogen and oxygen atoms in total. The van der Waals surface area contributed by atoms with E-state index in [1.165, 1.54) is 43.1 Å². The summed E-state index contributed by atoms with van der Waals surface area (Å²) in [6, 6.07) is 21.6. The molecule has 2 aliphatic rings. The summed E-state index contributed by atoms with van der Waals surface area (Å²) in [7, 11) is 1.00. The Morgan fingerprint density at radius 1 is 0.933 bits per heavy atom. The summed E-state index contributed by atoms with van der Waals surface area (Å²) >= 11 is 0. The van der Waals surface area contributed by atoms with Gasteiger partial charge in [0.25, 0.3) is 0 Å². The molecule has 0 spiro atoms. The standard InChI is InChI=1S/C16H12N.C9H16O.CH4O.Ir/c1-12-7-9-16-14(11-12)8-10-15(17-16)13-5-3-2-4-6-13;10-9-6-5-7-3-1-2-4-8(7)9;1-2;/h2-5,7-11H,1H3;7-10H,1-6H2;2H,1H3;/q-1;;;. The molecule has 163 valence electrons. The van der Waals surface area contributed by atoms with Crippen LogP contribution in [0.4, 0.5) is 0 Å². The van der Waals surface area contributed by atoms with Crippen LogP contribution in [0.2, 0.25) is 0 Å². The first-order chi connectivity index (χ1) is 14.2. The third kappa shape index (κ3) is 6.21. The number of pyridine rings is 1. The van der Waals surface area contributed by atoms with E-state index in [-0.39, 0.29) is 26.2 Å². The Balaban J connectivity index is 0.000000212. The molecule has 2 N–H and O–H groups in total. The van der Waals surface area contributed by atoms with Crippen molar-refractivity contribution in [1.29, 1.82) is 0 Å². The summed E-state index contributed by atoms with van der Waals surface area (Å²) < 4.78 is 0. The third-order valence-electron chi connectivity index (χ3n) is 6.13. The number of benzene rings is 2. The molecular formula is C26H32IrNO2-. The van der Waals surface area contributed by atoms with Crippen LogP contribution in [0.5, 0.6) is 0 Å². The van der Waals surface area contributed by atoms with Crippen LogP contribution in [0.3, 0.4) is 0 Å². The van der Waals surface area contributed by atoms with E-state index in [9.17, 15) is 5.11 Å². The van der Waals surface area contributed by atoms with Crippen molar-refractivity contribution < 1.29 is 30.3 Å². The Hall–Kier alpha value is -1.58. The van der Waals surface area contributed by atoms with Crippen molar-refractivity contribution in [2.45, 2.75) is 51.6 Å². The van der Waals surface area contributed by atoms with Crippen LogP contribution in [-0.4, -0.2) is 28.4 Å². The van der Waals surface area contributed by atoms with Crippen LogP contribution in [0.25, 0.3) is 22.2 Å². The van der Waals surface area contributed by atoms with E-state index >= 15 is 0 Å². The number of hydrogen-bond acceptors (Lipinski definition) is 3. The molecule has 0 bridgehead atoms. The van der Waals surface area contributed by atoms with E-state index in [0.29, 0.717) is 5.92 Å². The third-order valence-corrected chi connectivity index (χ3v) is 6.13. The predicted octanol–water partition coefficient (Wildman–Crippen LogP) is 5.56. The number of fused-ring (bicyclic) bond motifs is 2. The first kappa shape index (κ1) is 24.7. The minimum Gasteiger partial charge on any atom is -0.400 e. The molecule has 2 aromatic carbocycles. The summed E-state index contributed by atoms with van der Waals surface area (Å²) in [5.41, 5.74) is 4.31. The maximum absolute atomic E-state index is 9.52. The fourth-order valence-electron chi connectivity index (χ4n) is 4.65. The molecule has 0 amide bonds. The average molecular weight is 583 g/mol. The largest absolute Gasteiger partial charge is 0.400 e. The van der Waals surface area contributed by atoms with Crippen LogP contribution < -0.4 is 0 Å². The second-order valence-electron chi connectivity index (χ2n) is 8.02. The fourth-order valence-corrected chi connectivity index (χ4v) is 4.65. The van der Waals surface area contributed by atoms with Gasteiger partial charge < -0.3 is 10.2 Å². The molecule has 2 aliphatic carbocycles. The van der Waals surface area contributed by atoms with Crippen molar-refractivity contribution in [3.63, 3.8) is 0 Å². The molecule has 5 rings (SSSR count). The van der Waals surface area contributed by atoms with Crippen LogP contribution in [0.15, 0.2) is 54.6 Å². The van der Waals surface area contributed by atoms with Gasteiger partial charge in [0.2, 0.25) is 0 Å². The minimum atomic E-state index is 0. The van der Waals surface area contributed by atoms with Gasteiger partial charge in [0.1, 0.15) is 0 Å². The molecular weight excluding hydrogens is 551 g/mol. The van der Waals surface area contributed by atoms with E-state index < -0.39 is 0 Å². The molecule has 2 saturated carbocycles. The Bertz CT molecular complexity index is 898. The van der Waals surface area contributed by atoms with E-state index in [0.717, 1.165) is 36.2 Å². The molecule has 1 radical (unpaired) electrons. The Labute approximate surface area is 193 Å². The topological polar surface area (TPSA) is 53.4 Å². The normalized spacial score (nSPS) is 21.9. The van der Waals surface area contributed by atoms with E-state index in [1.807, 2.05) is 30.3 Å². The van der Waals surface area contributed by atoms with Crippen molar-refractivity contribution in [1.82, 2.24) is 4.98 Å². The van der Waals surface area contributed by atoms with Crippen LogP contribution in [0.1, 0.15) is 44.1 Å². The van der Waals surface area contributed by atoms with Gasteiger partial charge in [-0.05, 0) is 61.2 Å². The van der Waals surface area contributed by atoms with Crippen molar-refractivity contribution in [3.05, 3.63) is 66.2 Å². The summed E-state index contributed by atoms with van der Waals surface area (Å²) in [5.74, 6) is 1.58. The molecule has 0 saturated heterocycles. The van der Waals surface area contributed by atoms with Crippen molar-refractivity contribution >= 4 is 10.9 Å². The van der Waals surface area contributed by atoms with E-state index in [4.69, 9.17) is 5.11 Å². The molecule has 0 aliphatic heterocycles. The number of aryl methyl sites for hydroxylation is 1. The Morgan fingerprint density at radius 3 is 2.47 bits per heavy atom. The SMILES string of the molecule is CO.Cc1ccc2nc(-c3[c-]cccc3)ccc2c1.OC1CCC2CCCCC12.[Ir]. The van der Waals surface area contributed by atoms with Crippen LogP contribution in [0, 0.1) is 24.8 Å². The number of aromatic nitrogens is 1. The van der Waals surface area contributed by atoms with E-state index in [1.54, 1.807) is 0 Å². The van der Waals surface area contributed by atoms with Gasteiger partial charge in [-0.25, -0.2) is 0 Å². The van der Waals surface area contributed by atoms with E-state index in [2.05, 4.69) is 42.2 Å². The van der Waals surface area contributed by atoms with Crippen LogP contribution in [-0.2, 0) is 20.1 Å². The molecule has 3 atom stereocenters. The minimum absolute atomic E-state index is 0. The number of aliphatic hydroxyl groups excluding tert-OH is 2. The monoisotopic (exact) mass is 583 g/mol. The molecule has 1 heterocycles. The first-order valence-electron chi connectivity index (χ1n) is 10.7. The summed E-state index contributed by atoms with van der Waals surface area (Å²) in [4.78, 5) is 4.66. The van der Waals surface area contributed by atoms with Crippen molar-refractivity contribution in [3.8, 4) is 11.3 Å². The van der Waals surface area contributed by atoms with Gasteiger partial charge in [-0.1, -0.05) is 43.0 Å². The molecule has 3 unspecified atom stereocenters. The number of aliphatic hydroxyl groups is 2. The Morgan fingerprint density at radius 2 is 1.73 bits per heavy atom. The van der Waals surface area contributed by atoms with Crippen LogP contribution >= 0.6 is 0 Å². The number of nitrogens with zero attached hydrogens (tertiary/aromatic N) is 1. The maximum atomic E-state index is 9.52. The van der Waals surface area contributed by atoms with Gasteiger partial charge in [-0.2, -0.15) is 0 Å². The van der Waals surface area contributed by atoms with Crippen molar-refractivity contribution in [2.75, 3.05) is 7.11 Å². The Kier molecular flexibility index (Phi) is 10.1. The molecule has 3 aromatic rings. The van der Waals surface area contributed by atoms with Crippen molar-refractivity contribution in [2.24, 2.45) is 11.8 Å². The first-order valence-corrected chi connectivity index (χ1v) is 10.7. The number of hydrogen-bond donors (Lipinski definition) is 2. The molecule has 30 heavy (non-hydrogen) atoms. The number of rotatable bonds is 1. The quantitative estimate of drug-likeness (QED) is 0.370. The van der Waals surface area contributed by atoms with Gasteiger partial charge in [0.05, 0.1) is 11.6 Å². The maximum Gasteiger partial charge on any atom is 0.0595 e. The summed E-state index contributed by atoms with van der Waals surface area (Å²) in [6.45, 7) is 2.10.